The van der Waals surface area contributed by atoms with E-state index in [0.29, 0.717) is 5.56 Å². The third-order valence-corrected chi connectivity index (χ3v) is 3.30. The van der Waals surface area contributed by atoms with Crippen molar-refractivity contribution in [2.75, 3.05) is 0 Å². The molecule has 120 valence electrons. The lowest BCUT2D eigenvalue weighted by Crippen LogP contribution is -2.48. The van der Waals surface area contributed by atoms with Crippen molar-refractivity contribution in [2.24, 2.45) is 5.92 Å². The highest BCUT2D eigenvalue weighted by atomic mass is 16.7. The van der Waals surface area contributed by atoms with Gasteiger partial charge in [-0.05, 0) is 12.5 Å². The highest BCUT2D eigenvalue weighted by molar-refractivity contribution is 5.98. The Morgan fingerprint density at radius 2 is 1.70 bits per heavy atom. The van der Waals surface area contributed by atoms with Crippen molar-refractivity contribution < 1.29 is 24.0 Å². The van der Waals surface area contributed by atoms with Crippen molar-refractivity contribution in [2.45, 2.75) is 32.5 Å². The van der Waals surface area contributed by atoms with E-state index in [0.717, 1.165) is 0 Å². The Hall–Kier alpha value is -2.88. The molecule has 1 aromatic carbocycles. The molecule has 1 aliphatic heterocycles. The molecule has 0 radical (unpaired) electrons. The molecule has 1 unspecified atom stereocenters. The minimum Gasteiger partial charge on any atom is -0.422 e. The van der Waals surface area contributed by atoms with Gasteiger partial charge in [-0.3, -0.25) is 19.7 Å². The summed E-state index contributed by atoms with van der Waals surface area (Å²) in [6.45, 7) is 4.50. The lowest BCUT2D eigenvalue weighted by Gasteiger charge is -2.34. The van der Waals surface area contributed by atoms with Gasteiger partial charge in [0, 0.05) is 26.0 Å². The first-order chi connectivity index (χ1) is 10.7. The van der Waals surface area contributed by atoms with Gasteiger partial charge in [-0.15, -0.1) is 5.92 Å². The lowest BCUT2D eigenvalue weighted by atomic mass is 9.85. The Morgan fingerprint density at radius 1 is 1.17 bits per heavy atom. The van der Waals surface area contributed by atoms with Crippen molar-refractivity contribution >= 4 is 17.6 Å². The van der Waals surface area contributed by atoms with Crippen molar-refractivity contribution in [3.63, 3.8) is 0 Å². The molecule has 0 aromatic heterocycles. The van der Waals surface area contributed by atoms with Gasteiger partial charge in [0.15, 0.2) is 5.92 Å². The molecule has 1 aromatic rings. The third-order valence-electron chi connectivity index (χ3n) is 3.30. The van der Waals surface area contributed by atoms with Crippen LogP contribution in [0.2, 0.25) is 0 Å². The average molecular weight is 317 g/mol. The van der Waals surface area contributed by atoms with Crippen molar-refractivity contribution in [3.8, 4) is 11.8 Å². The fraction of sp³-hybridized carbons (Fsp3) is 0.375. The van der Waals surface area contributed by atoms with Gasteiger partial charge >= 0.3 is 11.9 Å². The lowest BCUT2D eigenvalue weighted by molar-refractivity contribution is -0.384. The molecule has 1 heterocycles. The predicted octanol–water partition coefficient (Wildman–Crippen LogP) is 2.15. The molecule has 2 rings (SSSR count). The maximum absolute atomic E-state index is 12.2. The topological polar surface area (TPSA) is 95.7 Å². The monoisotopic (exact) mass is 317 g/mol. The molecule has 1 saturated heterocycles. The van der Waals surface area contributed by atoms with E-state index < -0.39 is 34.5 Å². The number of nitro groups is 1. The number of carbonyl (C=O) groups is 2. The molecule has 0 aliphatic carbocycles. The van der Waals surface area contributed by atoms with Crippen LogP contribution in [-0.4, -0.2) is 22.6 Å². The summed E-state index contributed by atoms with van der Waals surface area (Å²) in [6, 6.07) is 5.52. The zero-order valence-electron chi connectivity index (χ0n) is 12.9. The minimum absolute atomic E-state index is 0.0908. The number of nitro benzene ring substituents is 1. The van der Waals surface area contributed by atoms with Crippen LogP contribution in [0.3, 0.4) is 0 Å². The minimum atomic E-state index is -1.32. The Balaban J connectivity index is 2.38. The molecule has 0 bridgehead atoms. The summed E-state index contributed by atoms with van der Waals surface area (Å²) in [4.78, 5) is 34.6. The van der Waals surface area contributed by atoms with Gasteiger partial charge in [0.05, 0.1) is 10.8 Å². The van der Waals surface area contributed by atoms with Crippen LogP contribution >= 0.6 is 0 Å². The van der Waals surface area contributed by atoms with E-state index in [4.69, 9.17) is 9.47 Å². The summed E-state index contributed by atoms with van der Waals surface area (Å²) in [6.07, 6.45) is 0. The molecule has 0 amide bonds. The summed E-state index contributed by atoms with van der Waals surface area (Å²) < 4.78 is 10.2. The number of carbonyl (C=O) groups excluding carboxylic acids is 2. The summed E-state index contributed by atoms with van der Waals surface area (Å²) in [5, 5.41) is 10.7. The number of ether oxygens (including phenoxy) is 2. The SMILES string of the molecule is CC#CC(c1ccc([N+](=O)[O-])cc1)C1C(=O)OC(C)(C)OC1=O. The largest absolute Gasteiger partial charge is 0.422 e. The molecule has 0 spiro atoms. The zero-order valence-corrected chi connectivity index (χ0v) is 12.9. The fourth-order valence-corrected chi connectivity index (χ4v) is 2.32. The van der Waals surface area contributed by atoms with Crippen molar-refractivity contribution in [3.05, 3.63) is 39.9 Å². The van der Waals surface area contributed by atoms with Gasteiger partial charge in [0.2, 0.25) is 0 Å². The van der Waals surface area contributed by atoms with E-state index in [1.165, 1.54) is 38.1 Å². The summed E-state index contributed by atoms with van der Waals surface area (Å²) in [7, 11) is 0. The van der Waals surface area contributed by atoms with E-state index in [2.05, 4.69) is 11.8 Å². The third kappa shape index (κ3) is 3.48. The number of hydrogen-bond acceptors (Lipinski definition) is 6. The molecule has 7 heteroatoms. The van der Waals surface area contributed by atoms with Crippen LogP contribution in [-0.2, 0) is 19.1 Å². The van der Waals surface area contributed by atoms with Gasteiger partial charge in [-0.25, -0.2) is 0 Å². The quantitative estimate of drug-likeness (QED) is 0.279. The first-order valence-electron chi connectivity index (χ1n) is 6.87. The molecular weight excluding hydrogens is 302 g/mol. The fourth-order valence-electron chi connectivity index (χ4n) is 2.32. The molecule has 23 heavy (non-hydrogen) atoms. The van der Waals surface area contributed by atoms with E-state index in [1.807, 2.05) is 0 Å². The Bertz CT molecular complexity index is 690. The number of esters is 2. The van der Waals surface area contributed by atoms with Gasteiger partial charge in [-0.1, -0.05) is 18.1 Å². The Kier molecular flexibility index (Phi) is 4.36. The van der Waals surface area contributed by atoms with E-state index >= 15 is 0 Å². The molecular formula is C16H15NO6. The molecule has 0 N–H and O–H groups in total. The Morgan fingerprint density at radius 3 is 2.13 bits per heavy atom. The summed E-state index contributed by atoms with van der Waals surface area (Å²) in [5.41, 5.74) is 0.412. The molecule has 1 aliphatic rings. The van der Waals surface area contributed by atoms with Crippen LogP contribution < -0.4 is 0 Å². The second-order valence-corrected chi connectivity index (χ2v) is 5.44. The van der Waals surface area contributed by atoms with E-state index in [1.54, 1.807) is 6.92 Å². The van der Waals surface area contributed by atoms with Crippen LogP contribution in [0.1, 0.15) is 32.3 Å². The van der Waals surface area contributed by atoms with Gasteiger partial charge in [0.1, 0.15) is 0 Å². The second-order valence-electron chi connectivity index (χ2n) is 5.44. The first-order valence-corrected chi connectivity index (χ1v) is 6.87. The number of hydrogen-bond donors (Lipinski definition) is 0. The highest BCUT2D eigenvalue weighted by Gasteiger charge is 2.47. The maximum Gasteiger partial charge on any atom is 0.325 e. The Labute approximate surface area is 132 Å². The number of benzene rings is 1. The van der Waals surface area contributed by atoms with E-state index in [-0.39, 0.29) is 5.69 Å². The summed E-state index contributed by atoms with van der Waals surface area (Å²) in [5.74, 6) is 0.663. The second kappa shape index (κ2) is 6.08. The van der Waals surface area contributed by atoms with Crippen molar-refractivity contribution in [1.82, 2.24) is 0 Å². The number of cyclic esters (lactones) is 2. The first kappa shape index (κ1) is 16.5. The van der Waals surface area contributed by atoms with Crippen LogP contribution in [0.4, 0.5) is 5.69 Å². The number of non-ortho nitro benzene ring substituents is 1. The van der Waals surface area contributed by atoms with Gasteiger partial charge < -0.3 is 9.47 Å². The number of nitrogens with zero attached hydrogens (tertiary/aromatic N) is 1. The van der Waals surface area contributed by atoms with Gasteiger partial charge in [0.25, 0.3) is 11.5 Å². The molecule has 1 fully saturated rings. The van der Waals surface area contributed by atoms with E-state index in [9.17, 15) is 19.7 Å². The van der Waals surface area contributed by atoms with Crippen LogP contribution in [0.5, 0.6) is 0 Å². The highest BCUT2D eigenvalue weighted by Crippen LogP contribution is 2.33. The smallest absolute Gasteiger partial charge is 0.325 e. The molecule has 0 saturated carbocycles. The van der Waals surface area contributed by atoms with Crippen LogP contribution in [0.25, 0.3) is 0 Å². The standard InChI is InChI=1S/C16H15NO6/c1-4-5-12(10-6-8-11(9-7-10)17(20)21)13-14(18)22-16(2,3)23-15(13)19/h6-9,12-13H,1-3H3. The van der Waals surface area contributed by atoms with Crippen LogP contribution in [0.15, 0.2) is 24.3 Å². The van der Waals surface area contributed by atoms with Crippen molar-refractivity contribution in [1.29, 1.82) is 0 Å². The van der Waals surface area contributed by atoms with Crippen LogP contribution in [0, 0.1) is 27.9 Å². The van der Waals surface area contributed by atoms with Gasteiger partial charge in [-0.2, -0.15) is 0 Å². The molecule has 7 nitrogen and oxygen atoms in total. The average Bonchev–Trinajstić information content (AvgIpc) is 2.44. The molecule has 1 atom stereocenters. The zero-order chi connectivity index (χ0) is 17.2. The summed E-state index contributed by atoms with van der Waals surface area (Å²) >= 11 is 0. The predicted molar refractivity (Wildman–Crippen MR) is 79.0 cm³/mol. The normalized spacial score (nSPS) is 18.2. The maximum atomic E-state index is 12.2. The number of rotatable bonds is 3.